The van der Waals surface area contributed by atoms with E-state index in [0.29, 0.717) is 11.3 Å². The van der Waals surface area contributed by atoms with Gasteiger partial charge in [0, 0.05) is 24.8 Å². The van der Waals surface area contributed by atoms with Crippen molar-refractivity contribution in [1.82, 2.24) is 25.0 Å². The molecule has 3 rings (SSSR count). The molecule has 0 aliphatic rings. The van der Waals surface area contributed by atoms with Gasteiger partial charge in [-0.1, -0.05) is 18.2 Å². The fourth-order valence-electron chi connectivity index (χ4n) is 3.20. The predicted octanol–water partition coefficient (Wildman–Crippen LogP) is 3.47. The second-order valence-electron chi connectivity index (χ2n) is 8.13. The largest absolute Gasteiger partial charge is 0.433 e. The molecule has 2 heterocycles. The van der Waals surface area contributed by atoms with E-state index in [1.807, 2.05) is 0 Å². The van der Waals surface area contributed by atoms with Crippen molar-refractivity contribution in [2.24, 2.45) is 0 Å². The number of amides is 1. The lowest BCUT2D eigenvalue weighted by atomic mass is 9.98. The molecule has 0 radical (unpaired) electrons. The molecule has 2 N–H and O–H groups in total. The van der Waals surface area contributed by atoms with E-state index in [1.165, 1.54) is 37.5 Å². The van der Waals surface area contributed by atoms with Crippen LogP contribution < -0.4 is 10.0 Å². The third kappa shape index (κ3) is 7.04. The molecule has 1 atom stereocenters. The molecule has 0 spiro atoms. The smallest absolute Gasteiger partial charge is 0.351 e. The van der Waals surface area contributed by atoms with Gasteiger partial charge in [0.1, 0.15) is 17.2 Å². The van der Waals surface area contributed by atoms with Crippen LogP contribution in [0.1, 0.15) is 40.9 Å². The normalized spacial score (nSPS) is 12.9. The van der Waals surface area contributed by atoms with Crippen molar-refractivity contribution >= 4 is 15.9 Å². The van der Waals surface area contributed by atoms with Crippen LogP contribution in [0, 0.1) is 12.7 Å². The number of benzene rings is 1. The van der Waals surface area contributed by atoms with E-state index < -0.39 is 39.5 Å². The van der Waals surface area contributed by atoms with Gasteiger partial charge in [0.2, 0.25) is 15.9 Å². The van der Waals surface area contributed by atoms with Crippen LogP contribution in [0.15, 0.2) is 42.7 Å². The number of hydrogen-bond acceptors (Lipinski definition) is 6. The Morgan fingerprint density at radius 1 is 1.06 bits per heavy atom. The van der Waals surface area contributed by atoms with Crippen LogP contribution in [0.2, 0.25) is 0 Å². The van der Waals surface area contributed by atoms with Crippen molar-refractivity contribution < 1.29 is 30.8 Å². The summed E-state index contributed by atoms with van der Waals surface area (Å²) in [5.74, 6) is -1.99. The molecule has 3 aromatic rings. The zero-order valence-corrected chi connectivity index (χ0v) is 20.3. The molecular weight excluding hydrogens is 502 g/mol. The topological polar surface area (TPSA) is 114 Å². The third-order valence-corrected chi connectivity index (χ3v) is 5.91. The summed E-state index contributed by atoms with van der Waals surface area (Å²) in [5, 5.41) is 2.63. The number of nitrogens with one attached hydrogen (secondary N) is 2. The highest BCUT2D eigenvalue weighted by Crippen LogP contribution is 2.30. The van der Waals surface area contributed by atoms with E-state index >= 15 is 0 Å². The van der Waals surface area contributed by atoms with Gasteiger partial charge in [0.05, 0.1) is 29.8 Å². The van der Waals surface area contributed by atoms with Gasteiger partial charge in [0.25, 0.3) is 0 Å². The molecule has 8 nitrogen and oxygen atoms in total. The number of carbonyl (C=O) groups excluding carboxylic acids is 1. The van der Waals surface area contributed by atoms with Crippen LogP contribution >= 0.6 is 0 Å². The molecule has 0 aliphatic carbocycles. The number of sulfonamides is 1. The maximum Gasteiger partial charge on any atom is 0.433 e. The predicted molar refractivity (Wildman–Crippen MR) is 123 cm³/mol. The van der Waals surface area contributed by atoms with Gasteiger partial charge in [-0.3, -0.25) is 14.8 Å². The summed E-state index contributed by atoms with van der Waals surface area (Å²) in [6, 6.07) is 6.03. The van der Waals surface area contributed by atoms with Crippen LogP contribution in [-0.4, -0.2) is 35.5 Å². The Morgan fingerprint density at radius 2 is 1.75 bits per heavy atom. The Hall–Kier alpha value is -3.45. The third-order valence-electron chi connectivity index (χ3n) is 5.24. The Labute approximate surface area is 205 Å². The van der Waals surface area contributed by atoms with Gasteiger partial charge in [-0.25, -0.2) is 22.5 Å². The monoisotopic (exact) mass is 525 g/mol. The number of rotatable bonds is 8. The average Bonchev–Trinajstić information content (AvgIpc) is 2.80. The maximum absolute atomic E-state index is 14.4. The summed E-state index contributed by atoms with van der Waals surface area (Å²) < 4.78 is 78.7. The molecule has 0 fully saturated rings. The van der Waals surface area contributed by atoms with Gasteiger partial charge in [-0.05, 0) is 37.1 Å². The second-order valence-corrected chi connectivity index (χ2v) is 9.96. The molecule has 0 saturated carbocycles. The summed E-state index contributed by atoms with van der Waals surface area (Å²) >= 11 is 0. The Bertz CT molecular complexity index is 1360. The first kappa shape index (κ1) is 27.1. The molecule has 0 aliphatic heterocycles. The molecule has 1 aromatic carbocycles. The van der Waals surface area contributed by atoms with Crippen LogP contribution in [-0.2, 0) is 34.1 Å². The number of aryl methyl sites for hydroxylation is 1. The second kappa shape index (κ2) is 10.7. The van der Waals surface area contributed by atoms with Crippen molar-refractivity contribution in [3.05, 3.63) is 76.6 Å². The average molecular weight is 526 g/mol. The minimum Gasteiger partial charge on any atom is -0.351 e. The summed E-state index contributed by atoms with van der Waals surface area (Å²) in [5.41, 5.74) is 0.238. The zero-order valence-electron chi connectivity index (χ0n) is 19.5. The highest BCUT2D eigenvalue weighted by molar-refractivity contribution is 7.88. The molecule has 0 bridgehead atoms. The highest BCUT2D eigenvalue weighted by Gasteiger charge is 2.33. The maximum atomic E-state index is 14.4. The summed E-state index contributed by atoms with van der Waals surface area (Å²) in [6.45, 7) is 2.82. The number of aromatic nitrogens is 3. The Morgan fingerprint density at radius 3 is 2.33 bits per heavy atom. The minimum absolute atomic E-state index is 0.0703. The number of alkyl halides is 3. The lowest BCUT2D eigenvalue weighted by Gasteiger charge is -2.16. The van der Waals surface area contributed by atoms with E-state index in [1.54, 1.807) is 6.92 Å². The first-order chi connectivity index (χ1) is 16.7. The summed E-state index contributed by atoms with van der Waals surface area (Å²) in [4.78, 5) is 24.6. The van der Waals surface area contributed by atoms with Gasteiger partial charge in [0.15, 0.2) is 0 Å². The van der Waals surface area contributed by atoms with E-state index in [-0.39, 0.29) is 35.6 Å². The van der Waals surface area contributed by atoms with Crippen molar-refractivity contribution in [3.63, 3.8) is 0 Å². The zero-order chi connectivity index (χ0) is 26.7. The van der Waals surface area contributed by atoms with Crippen LogP contribution in [0.5, 0.6) is 0 Å². The molecule has 0 saturated heterocycles. The van der Waals surface area contributed by atoms with Crippen LogP contribution in [0.25, 0.3) is 11.4 Å². The van der Waals surface area contributed by atoms with Crippen LogP contribution in [0.3, 0.4) is 0 Å². The number of pyridine rings is 1. The standard InChI is InChI=1S/C23H23F4N5O3S/c1-13-9-29-19(12-28-13)21-17(6-7-20(32-21)23(25,26)27)10-30-22(33)14(2)15-4-5-16(18(24)8-15)11-31-36(3,34)35/h4-9,12,14,31H,10-11H2,1-3H3,(H,30,33). The molecule has 36 heavy (non-hydrogen) atoms. The van der Waals surface area contributed by atoms with Crippen molar-refractivity contribution in [2.75, 3.05) is 6.26 Å². The Balaban J connectivity index is 1.78. The van der Waals surface area contributed by atoms with Gasteiger partial charge in [-0.15, -0.1) is 0 Å². The molecule has 192 valence electrons. The number of nitrogens with zero attached hydrogens (tertiary/aromatic N) is 3. The number of hydrogen-bond donors (Lipinski definition) is 2. The first-order valence-corrected chi connectivity index (χ1v) is 12.5. The van der Waals surface area contributed by atoms with E-state index in [4.69, 9.17) is 0 Å². The number of carbonyl (C=O) groups is 1. The molecule has 1 amide bonds. The Kier molecular flexibility index (Phi) is 8.04. The fourth-order valence-corrected chi connectivity index (χ4v) is 3.61. The van der Waals surface area contributed by atoms with Crippen molar-refractivity contribution in [2.45, 2.75) is 39.0 Å². The van der Waals surface area contributed by atoms with E-state index in [0.717, 1.165) is 18.4 Å². The van der Waals surface area contributed by atoms with Gasteiger partial charge >= 0.3 is 6.18 Å². The highest BCUT2D eigenvalue weighted by atomic mass is 32.2. The fraction of sp³-hybridized carbons (Fsp3) is 0.304. The minimum atomic E-state index is -4.67. The lowest BCUT2D eigenvalue weighted by Crippen LogP contribution is -2.28. The first-order valence-electron chi connectivity index (χ1n) is 10.6. The molecule has 1 unspecified atom stereocenters. The van der Waals surface area contributed by atoms with Crippen LogP contribution in [0.4, 0.5) is 17.6 Å². The number of halogens is 4. The summed E-state index contributed by atoms with van der Waals surface area (Å²) in [7, 11) is -3.51. The molecular formula is C23H23F4N5O3S. The molecule has 13 heteroatoms. The van der Waals surface area contributed by atoms with E-state index in [2.05, 4.69) is 25.0 Å². The van der Waals surface area contributed by atoms with Crippen molar-refractivity contribution in [1.29, 1.82) is 0 Å². The quantitative estimate of drug-likeness (QED) is 0.436. The van der Waals surface area contributed by atoms with Crippen molar-refractivity contribution in [3.8, 4) is 11.4 Å². The lowest BCUT2D eigenvalue weighted by molar-refractivity contribution is -0.141. The van der Waals surface area contributed by atoms with Gasteiger partial charge in [-0.2, -0.15) is 13.2 Å². The van der Waals surface area contributed by atoms with E-state index in [9.17, 15) is 30.8 Å². The molecule has 2 aromatic heterocycles. The SMILES string of the molecule is Cc1cnc(-c2nc(C(F)(F)F)ccc2CNC(=O)C(C)c2ccc(CNS(C)(=O)=O)c(F)c2)cn1. The summed E-state index contributed by atoms with van der Waals surface area (Å²) in [6.07, 6.45) is -1.02. The van der Waals surface area contributed by atoms with Gasteiger partial charge < -0.3 is 5.32 Å².